The second-order valence-corrected chi connectivity index (χ2v) is 9.84. The first-order valence-corrected chi connectivity index (χ1v) is 10.6. The van der Waals surface area contributed by atoms with Crippen molar-refractivity contribution in [2.45, 2.75) is 44.4 Å². The topological polar surface area (TPSA) is 83.7 Å². The van der Waals surface area contributed by atoms with Gasteiger partial charge in [-0.3, -0.25) is 4.79 Å². The van der Waals surface area contributed by atoms with Crippen molar-refractivity contribution in [1.82, 2.24) is 9.21 Å². The maximum absolute atomic E-state index is 12.7. The van der Waals surface area contributed by atoms with Gasteiger partial charge < -0.3 is 10.6 Å². The first-order valence-electron chi connectivity index (χ1n) is 9.19. The van der Waals surface area contributed by atoms with Gasteiger partial charge in [0.2, 0.25) is 15.9 Å². The summed E-state index contributed by atoms with van der Waals surface area (Å²) in [6.07, 6.45) is 3.16. The number of carbonyl (C=O) groups excluding carboxylic acids is 1. The van der Waals surface area contributed by atoms with Crippen LogP contribution in [-0.4, -0.2) is 56.8 Å². The molecule has 0 aliphatic carbocycles. The number of sulfonamides is 1. The summed E-state index contributed by atoms with van der Waals surface area (Å²) in [7, 11) is -1.65. The maximum Gasteiger partial charge on any atom is 0.243 e. The molecule has 1 heterocycles. The molecule has 1 aliphatic rings. The van der Waals surface area contributed by atoms with E-state index in [0.717, 1.165) is 24.8 Å². The fourth-order valence-corrected chi connectivity index (χ4v) is 4.66. The van der Waals surface area contributed by atoms with Crippen molar-refractivity contribution < 1.29 is 13.2 Å². The SMILES string of the molecule is CN(CC(C)(C)CN)C(=O)Cc1ccc(S(=O)(=O)N2CCCCC2)cc1.Cl. The van der Waals surface area contributed by atoms with Gasteiger partial charge in [0.25, 0.3) is 0 Å². The summed E-state index contributed by atoms with van der Waals surface area (Å²) in [6, 6.07) is 6.68. The summed E-state index contributed by atoms with van der Waals surface area (Å²) in [6.45, 7) is 6.32. The number of carbonyl (C=O) groups is 1. The van der Waals surface area contributed by atoms with Gasteiger partial charge in [0.1, 0.15) is 0 Å². The first-order chi connectivity index (χ1) is 12.2. The monoisotopic (exact) mass is 417 g/mol. The zero-order valence-corrected chi connectivity index (χ0v) is 18.1. The summed E-state index contributed by atoms with van der Waals surface area (Å²) in [5.41, 5.74) is 6.41. The molecule has 27 heavy (non-hydrogen) atoms. The second-order valence-electron chi connectivity index (χ2n) is 7.90. The highest BCUT2D eigenvalue weighted by molar-refractivity contribution is 7.89. The zero-order chi connectivity index (χ0) is 19.4. The predicted molar refractivity (Wildman–Crippen MR) is 110 cm³/mol. The molecule has 1 fully saturated rings. The Hall–Kier alpha value is -1.15. The van der Waals surface area contributed by atoms with Crippen molar-refractivity contribution in [1.29, 1.82) is 0 Å². The van der Waals surface area contributed by atoms with Gasteiger partial charge in [-0.25, -0.2) is 8.42 Å². The summed E-state index contributed by atoms with van der Waals surface area (Å²) in [5.74, 6) is -0.00170. The Kier molecular flexibility index (Phi) is 8.73. The first kappa shape index (κ1) is 23.9. The Morgan fingerprint density at radius 2 is 1.70 bits per heavy atom. The molecular weight excluding hydrogens is 386 g/mol. The summed E-state index contributed by atoms with van der Waals surface area (Å²) < 4.78 is 26.9. The van der Waals surface area contributed by atoms with Crippen molar-refractivity contribution in [3.05, 3.63) is 29.8 Å². The second kappa shape index (κ2) is 9.87. The van der Waals surface area contributed by atoms with Crippen molar-refractivity contribution in [3.8, 4) is 0 Å². The molecule has 0 radical (unpaired) electrons. The molecule has 1 aromatic carbocycles. The molecule has 154 valence electrons. The minimum Gasteiger partial charge on any atom is -0.345 e. The number of halogens is 1. The summed E-state index contributed by atoms with van der Waals surface area (Å²) >= 11 is 0. The molecule has 0 bridgehead atoms. The van der Waals surface area contributed by atoms with Gasteiger partial charge in [0.15, 0.2) is 0 Å². The minimum atomic E-state index is -3.43. The molecule has 1 aliphatic heterocycles. The van der Waals surface area contributed by atoms with Crippen molar-refractivity contribution in [2.24, 2.45) is 11.1 Å². The van der Waals surface area contributed by atoms with Crippen LogP contribution in [0, 0.1) is 5.41 Å². The lowest BCUT2D eigenvalue weighted by Crippen LogP contribution is -2.40. The highest BCUT2D eigenvalue weighted by atomic mass is 35.5. The van der Waals surface area contributed by atoms with Crippen LogP contribution in [-0.2, 0) is 21.2 Å². The van der Waals surface area contributed by atoms with Gasteiger partial charge in [-0.15, -0.1) is 12.4 Å². The van der Waals surface area contributed by atoms with Crippen molar-refractivity contribution in [3.63, 3.8) is 0 Å². The lowest BCUT2D eigenvalue weighted by molar-refractivity contribution is -0.130. The molecule has 0 spiro atoms. The largest absolute Gasteiger partial charge is 0.345 e. The number of piperidine rings is 1. The third kappa shape index (κ3) is 6.45. The van der Waals surface area contributed by atoms with Crippen LogP contribution in [0.2, 0.25) is 0 Å². The standard InChI is InChI=1S/C19H31N3O3S.ClH/c1-19(2,14-20)15-21(3)18(23)13-16-7-9-17(10-8-16)26(24,25)22-11-5-4-6-12-22;/h7-10H,4-6,11-15,20H2,1-3H3;1H. The minimum absolute atomic E-state index is 0. The molecule has 1 aromatic rings. The molecule has 6 nitrogen and oxygen atoms in total. The van der Waals surface area contributed by atoms with Crippen LogP contribution in [0.5, 0.6) is 0 Å². The highest BCUT2D eigenvalue weighted by Crippen LogP contribution is 2.21. The van der Waals surface area contributed by atoms with Crippen LogP contribution < -0.4 is 5.73 Å². The molecular formula is C19H32ClN3O3S. The lowest BCUT2D eigenvalue weighted by atomic mass is 9.93. The van der Waals surface area contributed by atoms with E-state index in [4.69, 9.17) is 5.73 Å². The van der Waals surface area contributed by atoms with E-state index in [9.17, 15) is 13.2 Å². The zero-order valence-electron chi connectivity index (χ0n) is 16.5. The van der Waals surface area contributed by atoms with E-state index >= 15 is 0 Å². The molecule has 0 unspecified atom stereocenters. The fourth-order valence-electron chi connectivity index (χ4n) is 3.14. The van der Waals surface area contributed by atoms with E-state index in [1.165, 1.54) is 0 Å². The number of amides is 1. The van der Waals surface area contributed by atoms with Crippen LogP contribution in [0.15, 0.2) is 29.2 Å². The average molecular weight is 418 g/mol. The predicted octanol–water partition coefficient (Wildman–Crippen LogP) is 2.27. The molecule has 8 heteroatoms. The Morgan fingerprint density at radius 3 is 2.22 bits per heavy atom. The van der Waals surface area contributed by atoms with Gasteiger partial charge >= 0.3 is 0 Å². The molecule has 0 atom stereocenters. The van der Waals surface area contributed by atoms with Gasteiger partial charge in [0.05, 0.1) is 11.3 Å². The van der Waals surface area contributed by atoms with Crippen LogP contribution in [0.1, 0.15) is 38.7 Å². The van der Waals surface area contributed by atoms with Crippen LogP contribution in [0.4, 0.5) is 0 Å². The van der Waals surface area contributed by atoms with Crippen LogP contribution in [0.3, 0.4) is 0 Å². The number of hydrogen-bond acceptors (Lipinski definition) is 4. The Labute approximate surface area is 169 Å². The molecule has 1 amide bonds. The van der Waals surface area contributed by atoms with Gasteiger partial charge in [0, 0.05) is 26.7 Å². The number of nitrogens with zero attached hydrogens (tertiary/aromatic N) is 2. The summed E-state index contributed by atoms with van der Waals surface area (Å²) in [4.78, 5) is 14.4. The van der Waals surface area contributed by atoms with Crippen LogP contribution >= 0.6 is 12.4 Å². The number of nitrogens with two attached hydrogens (primary N) is 1. The lowest BCUT2D eigenvalue weighted by Gasteiger charge is -2.29. The number of rotatable bonds is 7. The summed E-state index contributed by atoms with van der Waals surface area (Å²) in [5, 5.41) is 0. The van der Waals surface area contributed by atoms with E-state index in [-0.39, 0.29) is 30.2 Å². The van der Waals surface area contributed by atoms with E-state index in [2.05, 4.69) is 0 Å². The fraction of sp³-hybridized carbons (Fsp3) is 0.632. The average Bonchev–Trinajstić information content (AvgIpc) is 2.62. The van der Waals surface area contributed by atoms with E-state index < -0.39 is 10.0 Å². The van der Waals surface area contributed by atoms with Gasteiger partial charge in [-0.2, -0.15) is 4.31 Å². The number of benzene rings is 1. The van der Waals surface area contributed by atoms with E-state index in [0.29, 0.717) is 31.1 Å². The third-order valence-electron chi connectivity index (χ3n) is 4.88. The number of hydrogen-bond donors (Lipinski definition) is 1. The van der Waals surface area contributed by atoms with Gasteiger partial charge in [-0.1, -0.05) is 32.4 Å². The Bertz CT molecular complexity index is 714. The molecule has 0 aromatic heterocycles. The molecule has 1 saturated heterocycles. The smallest absolute Gasteiger partial charge is 0.243 e. The molecule has 2 N–H and O–H groups in total. The van der Waals surface area contributed by atoms with Crippen molar-refractivity contribution in [2.75, 3.05) is 33.2 Å². The van der Waals surface area contributed by atoms with E-state index in [1.807, 2.05) is 13.8 Å². The quantitative estimate of drug-likeness (QED) is 0.737. The maximum atomic E-state index is 12.7. The number of likely N-dealkylation sites (N-methyl/N-ethyl adjacent to an activating group) is 1. The Morgan fingerprint density at radius 1 is 1.15 bits per heavy atom. The van der Waals surface area contributed by atoms with E-state index in [1.54, 1.807) is 40.5 Å². The van der Waals surface area contributed by atoms with Crippen molar-refractivity contribution >= 4 is 28.3 Å². The normalized spacial score (nSPS) is 15.9. The highest BCUT2D eigenvalue weighted by Gasteiger charge is 2.26. The van der Waals surface area contributed by atoms with Crippen LogP contribution in [0.25, 0.3) is 0 Å². The Balaban J connectivity index is 0.00000364. The van der Waals surface area contributed by atoms with Gasteiger partial charge in [-0.05, 0) is 42.5 Å². The molecule has 2 rings (SSSR count). The third-order valence-corrected chi connectivity index (χ3v) is 6.79. The molecule has 0 saturated carbocycles.